The molecule has 1 amide bonds. The van der Waals surface area contributed by atoms with Crippen LogP contribution in [-0.2, 0) is 0 Å². The Morgan fingerprint density at radius 2 is 2.06 bits per heavy atom. The highest BCUT2D eigenvalue weighted by Gasteiger charge is 2.19. The lowest BCUT2D eigenvalue weighted by molar-refractivity contribution is 0.0517. The second-order valence-corrected chi connectivity index (χ2v) is 4.05. The molecule has 1 rings (SSSR count). The molecule has 3 N–H and O–H groups in total. The van der Waals surface area contributed by atoms with Crippen molar-refractivity contribution >= 4 is 5.91 Å². The van der Waals surface area contributed by atoms with E-state index in [1.165, 1.54) is 12.1 Å². The zero-order chi connectivity index (χ0) is 12.2. The smallest absolute Gasteiger partial charge is 0.255 e. The quantitative estimate of drug-likeness (QED) is 0.720. The molecule has 1 unspecified atom stereocenters. The standard InChI is InChI=1S/C12H17NO3/c1-3-12(2,16)8-13-11(15)9-6-4-5-7-10(9)14/h4-7,14,16H,3,8H2,1-2H3,(H,13,15). The molecule has 0 saturated heterocycles. The lowest BCUT2D eigenvalue weighted by Gasteiger charge is -2.21. The summed E-state index contributed by atoms with van der Waals surface area (Å²) in [5.74, 6) is -0.442. The number of nitrogens with one attached hydrogen (secondary N) is 1. The highest BCUT2D eigenvalue weighted by Crippen LogP contribution is 2.15. The topological polar surface area (TPSA) is 69.6 Å². The first kappa shape index (κ1) is 12.5. The van der Waals surface area contributed by atoms with Gasteiger partial charge in [0.25, 0.3) is 5.91 Å². The van der Waals surface area contributed by atoms with Crippen LogP contribution in [0.15, 0.2) is 24.3 Å². The van der Waals surface area contributed by atoms with E-state index in [1.54, 1.807) is 19.1 Å². The van der Waals surface area contributed by atoms with Crippen LogP contribution in [0.2, 0.25) is 0 Å². The Bertz CT molecular complexity index is 374. The number of phenolic OH excluding ortho intramolecular Hbond substituents is 1. The third-order valence-corrected chi connectivity index (χ3v) is 2.54. The average Bonchev–Trinajstić information content (AvgIpc) is 2.27. The van der Waals surface area contributed by atoms with Gasteiger partial charge in [0, 0.05) is 6.54 Å². The van der Waals surface area contributed by atoms with Gasteiger partial charge in [0.2, 0.25) is 0 Å². The highest BCUT2D eigenvalue weighted by molar-refractivity contribution is 5.96. The Kier molecular flexibility index (Phi) is 3.90. The molecule has 0 bridgehead atoms. The third-order valence-electron chi connectivity index (χ3n) is 2.54. The maximum absolute atomic E-state index is 11.6. The first-order valence-electron chi connectivity index (χ1n) is 5.25. The van der Waals surface area contributed by atoms with Gasteiger partial charge in [0.15, 0.2) is 0 Å². The number of carbonyl (C=O) groups excluding carboxylic acids is 1. The van der Waals surface area contributed by atoms with Crippen molar-refractivity contribution in [3.8, 4) is 5.75 Å². The maximum atomic E-state index is 11.6. The Hall–Kier alpha value is -1.55. The zero-order valence-corrected chi connectivity index (χ0v) is 9.53. The van der Waals surface area contributed by atoms with Gasteiger partial charge in [0.1, 0.15) is 5.75 Å². The van der Waals surface area contributed by atoms with E-state index in [0.717, 1.165) is 0 Å². The fourth-order valence-electron chi connectivity index (χ4n) is 1.16. The average molecular weight is 223 g/mol. The Morgan fingerprint density at radius 3 is 2.62 bits per heavy atom. The monoisotopic (exact) mass is 223 g/mol. The Balaban J connectivity index is 2.64. The molecule has 0 heterocycles. The highest BCUT2D eigenvalue weighted by atomic mass is 16.3. The van der Waals surface area contributed by atoms with Crippen LogP contribution in [-0.4, -0.2) is 28.3 Å². The van der Waals surface area contributed by atoms with E-state index < -0.39 is 5.60 Å². The van der Waals surface area contributed by atoms with Gasteiger partial charge in [-0.1, -0.05) is 19.1 Å². The molecule has 4 nitrogen and oxygen atoms in total. The summed E-state index contributed by atoms with van der Waals surface area (Å²) in [7, 11) is 0. The van der Waals surface area contributed by atoms with Crippen molar-refractivity contribution in [3.63, 3.8) is 0 Å². The van der Waals surface area contributed by atoms with Gasteiger partial charge < -0.3 is 15.5 Å². The molecule has 0 aliphatic rings. The zero-order valence-electron chi connectivity index (χ0n) is 9.53. The molecule has 0 aliphatic heterocycles. The van der Waals surface area contributed by atoms with Crippen LogP contribution in [0.5, 0.6) is 5.75 Å². The van der Waals surface area contributed by atoms with Crippen LogP contribution in [0.4, 0.5) is 0 Å². The number of para-hydroxylation sites is 1. The van der Waals surface area contributed by atoms with E-state index in [1.807, 2.05) is 6.92 Å². The Labute approximate surface area is 94.9 Å². The van der Waals surface area contributed by atoms with Crippen LogP contribution in [0, 0.1) is 0 Å². The van der Waals surface area contributed by atoms with Gasteiger partial charge in [-0.15, -0.1) is 0 Å². The summed E-state index contributed by atoms with van der Waals surface area (Å²) in [5, 5.41) is 21.7. The summed E-state index contributed by atoms with van der Waals surface area (Å²) in [6.07, 6.45) is 0.550. The maximum Gasteiger partial charge on any atom is 0.255 e. The number of hydrogen-bond donors (Lipinski definition) is 3. The van der Waals surface area contributed by atoms with Crippen molar-refractivity contribution in [1.82, 2.24) is 5.32 Å². The van der Waals surface area contributed by atoms with Crippen molar-refractivity contribution in [1.29, 1.82) is 0 Å². The van der Waals surface area contributed by atoms with Gasteiger partial charge in [-0.3, -0.25) is 4.79 Å². The number of rotatable bonds is 4. The van der Waals surface area contributed by atoms with Crippen molar-refractivity contribution in [2.24, 2.45) is 0 Å². The van der Waals surface area contributed by atoms with Crippen molar-refractivity contribution in [2.45, 2.75) is 25.9 Å². The van der Waals surface area contributed by atoms with E-state index in [0.29, 0.717) is 6.42 Å². The van der Waals surface area contributed by atoms with Gasteiger partial charge in [-0.2, -0.15) is 0 Å². The fourth-order valence-corrected chi connectivity index (χ4v) is 1.16. The molecular weight excluding hydrogens is 206 g/mol. The minimum Gasteiger partial charge on any atom is -0.507 e. The molecule has 1 atom stereocenters. The number of aromatic hydroxyl groups is 1. The fraction of sp³-hybridized carbons (Fsp3) is 0.417. The van der Waals surface area contributed by atoms with E-state index >= 15 is 0 Å². The van der Waals surface area contributed by atoms with Crippen LogP contribution in [0.1, 0.15) is 30.6 Å². The summed E-state index contributed by atoms with van der Waals surface area (Å²) in [5.41, 5.74) is -0.700. The molecule has 0 spiro atoms. The van der Waals surface area contributed by atoms with Gasteiger partial charge in [0.05, 0.1) is 11.2 Å². The molecule has 4 heteroatoms. The van der Waals surface area contributed by atoms with Crippen molar-refractivity contribution in [3.05, 3.63) is 29.8 Å². The summed E-state index contributed by atoms with van der Waals surface area (Å²) < 4.78 is 0. The van der Waals surface area contributed by atoms with Gasteiger partial charge >= 0.3 is 0 Å². The summed E-state index contributed by atoms with van der Waals surface area (Å²) in [6.45, 7) is 3.65. The number of carbonyl (C=O) groups is 1. The van der Waals surface area contributed by atoms with Crippen molar-refractivity contribution in [2.75, 3.05) is 6.54 Å². The van der Waals surface area contributed by atoms with Crippen molar-refractivity contribution < 1.29 is 15.0 Å². The molecule has 0 aromatic heterocycles. The first-order chi connectivity index (χ1) is 7.46. The molecule has 0 radical (unpaired) electrons. The van der Waals surface area contributed by atoms with Crippen LogP contribution < -0.4 is 5.32 Å². The van der Waals surface area contributed by atoms with Gasteiger partial charge in [-0.05, 0) is 25.5 Å². The molecule has 0 fully saturated rings. The predicted octanol–water partition coefficient (Wildman–Crippen LogP) is 1.28. The second kappa shape index (κ2) is 4.99. The van der Waals surface area contributed by atoms with Crippen LogP contribution >= 0.6 is 0 Å². The molecule has 0 saturated carbocycles. The normalized spacial score (nSPS) is 14.2. The minimum absolute atomic E-state index is 0.0591. The first-order valence-corrected chi connectivity index (χ1v) is 5.25. The lowest BCUT2D eigenvalue weighted by atomic mass is 10.0. The summed E-state index contributed by atoms with van der Waals surface area (Å²) in [4.78, 5) is 11.6. The summed E-state index contributed by atoms with van der Waals surface area (Å²) >= 11 is 0. The number of aliphatic hydroxyl groups is 1. The van der Waals surface area contributed by atoms with Crippen LogP contribution in [0.25, 0.3) is 0 Å². The second-order valence-electron chi connectivity index (χ2n) is 4.05. The lowest BCUT2D eigenvalue weighted by Crippen LogP contribution is -2.40. The predicted molar refractivity (Wildman–Crippen MR) is 61.4 cm³/mol. The Morgan fingerprint density at radius 1 is 1.44 bits per heavy atom. The molecular formula is C12H17NO3. The largest absolute Gasteiger partial charge is 0.507 e. The molecule has 16 heavy (non-hydrogen) atoms. The van der Waals surface area contributed by atoms with E-state index in [9.17, 15) is 15.0 Å². The third kappa shape index (κ3) is 3.24. The van der Waals surface area contributed by atoms with Crippen LogP contribution in [0.3, 0.4) is 0 Å². The minimum atomic E-state index is -0.917. The molecule has 1 aromatic rings. The number of hydrogen-bond acceptors (Lipinski definition) is 3. The van der Waals surface area contributed by atoms with E-state index in [-0.39, 0.29) is 23.8 Å². The molecule has 0 aliphatic carbocycles. The molecule has 1 aromatic carbocycles. The number of phenols is 1. The van der Waals surface area contributed by atoms with Gasteiger partial charge in [-0.25, -0.2) is 0 Å². The number of benzene rings is 1. The van der Waals surface area contributed by atoms with E-state index in [4.69, 9.17) is 0 Å². The summed E-state index contributed by atoms with van der Waals surface area (Å²) in [6, 6.07) is 6.30. The SMILES string of the molecule is CCC(C)(O)CNC(=O)c1ccccc1O. The number of amides is 1. The molecule has 88 valence electrons. The van der Waals surface area contributed by atoms with E-state index in [2.05, 4.69) is 5.32 Å².